The summed E-state index contributed by atoms with van der Waals surface area (Å²) < 4.78 is 32.0. The molecule has 1 amide bonds. The van der Waals surface area contributed by atoms with E-state index in [-0.39, 0.29) is 37.8 Å². The number of aliphatic hydroxyl groups is 1. The largest absolute Gasteiger partial charge is 0.458 e. The molecule has 1 aromatic heterocycles. The summed E-state index contributed by atoms with van der Waals surface area (Å²) in [5, 5.41) is 16.6. The molecule has 0 spiro atoms. The molecule has 1 aliphatic rings. The zero-order valence-corrected chi connectivity index (χ0v) is 30.7. The van der Waals surface area contributed by atoms with Crippen molar-refractivity contribution in [2.75, 3.05) is 19.7 Å². The smallest absolute Gasteiger partial charge is 0.413 e. The van der Waals surface area contributed by atoms with E-state index in [4.69, 9.17) is 25.4 Å². The molecular weight excluding hydrogens is 695 g/mol. The quantitative estimate of drug-likeness (QED) is 0.0554. The van der Waals surface area contributed by atoms with Gasteiger partial charge >= 0.3 is 13.4 Å². The maximum Gasteiger partial charge on any atom is 0.458 e. The Balaban J connectivity index is 1.35. The number of allylic oxidation sites excluding steroid dienone is 10. The maximum atomic E-state index is 13.7. The van der Waals surface area contributed by atoms with Crippen molar-refractivity contribution in [2.45, 2.75) is 83.1 Å². The van der Waals surface area contributed by atoms with E-state index in [0.717, 1.165) is 43.1 Å². The SMILES string of the molecule is CC/C=C\C/C=C\C/C=C\C/C=C\C/C=C\CCCC(=O)NCCNP(=O)(OC[C@H]1O[C@@H](n2ccc(=O)[nH]c2=O)C[C@@H]1O)Oc1ccc(Cl)cc1. The van der Waals surface area contributed by atoms with Crippen LogP contribution >= 0.6 is 19.3 Å². The van der Waals surface area contributed by atoms with E-state index in [9.17, 15) is 24.1 Å². The monoisotopic (exact) mass is 744 g/mol. The number of rotatable bonds is 23. The number of ether oxygens (including phenoxy) is 1. The van der Waals surface area contributed by atoms with Crippen molar-refractivity contribution in [3.05, 3.63) is 123 Å². The minimum absolute atomic E-state index is 0.0445. The van der Waals surface area contributed by atoms with Crippen LogP contribution in [-0.2, 0) is 18.6 Å². The number of hydrogen-bond acceptors (Lipinski definition) is 8. The lowest BCUT2D eigenvalue weighted by molar-refractivity contribution is -0.121. The number of benzene rings is 1. The number of aliphatic hydroxyl groups excluding tert-OH is 1. The number of aromatic nitrogens is 2. The standard InChI is InChI=1S/C37H50ClN4O8P/c1-2-3-4-5-6-7-8-9-10-11-12-13-14-15-16-17-18-19-34(44)39-25-26-40-51(47,50-31-22-20-30(38)21-23-31)48-29-33-32(43)28-36(49-33)42-27-24-35(45)41-37(42)46/h3-4,6-7,9-10,12-13,15-16,20-24,27,32-33,36,43H,2,5,8,11,14,17-19,25-26,28-29H2,1H3,(H,39,44)(H,40,47)(H,41,45,46)/b4-3-,7-6-,10-9-,13-12-,16-15-/t32-,33+,36+,51?/m0/s1. The lowest BCUT2D eigenvalue weighted by Crippen LogP contribution is -2.33. The fourth-order valence-corrected chi connectivity index (χ4v) is 6.29. The molecule has 4 N–H and O–H groups in total. The minimum Gasteiger partial charge on any atom is -0.413 e. The van der Waals surface area contributed by atoms with Crippen molar-refractivity contribution in [3.63, 3.8) is 0 Å². The second kappa shape index (κ2) is 23.7. The Kier molecular flexibility index (Phi) is 19.3. The summed E-state index contributed by atoms with van der Waals surface area (Å²) >= 11 is 5.96. The number of H-pyrrole nitrogens is 1. The number of carbonyl (C=O) groups is 1. The summed E-state index contributed by atoms with van der Waals surface area (Å²) in [7, 11) is -4.03. The van der Waals surface area contributed by atoms with Gasteiger partial charge in [-0.15, -0.1) is 0 Å². The summed E-state index contributed by atoms with van der Waals surface area (Å²) in [6, 6.07) is 7.36. The van der Waals surface area contributed by atoms with E-state index in [0.29, 0.717) is 17.9 Å². The Morgan fingerprint density at radius 1 is 0.980 bits per heavy atom. The summed E-state index contributed by atoms with van der Waals surface area (Å²) in [4.78, 5) is 38.1. The first-order valence-corrected chi connectivity index (χ1v) is 19.2. The van der Waals surface area contributed by atoms with Gasteiger partial charge in [-0.3, -0.25) is 23.7 Å². The van der Waals surface area contributed by atoms with Gasteiger partial charge < -0.3 is 19.7 Å². The summed E-state index contributed by atoms with van der Waals surface area (Å²) in [6.07, 6.45) is 26.5. The lowest BCUT2D eigenvalue weighted by atomic mass is 10.2. The molecule has 0 aliphatic carbocycles. The number of halogens is 1. The average molecular weight is 745 g/mol. The van der Waals surface area contributed by atoms with Crippen molar-refractivity contribution >= 4 is 25.3 Å². The van der Waals surface area contributed by atoms with E-state index in [1.54, 1.807) is 12.1 Å². The van der Waals surface area contributed by atoms with Crippen molar-refractivity contribution in [2.24, 2.45) is 0 Å². The van der Waals surface area contributed by atoms with Crippen LogP contribution in [-0.4, -0.2) is 52.5 Å². The zero-order valence-electron chi connectivity index (χ0n) is 29.0. The van der Waals surface area contributed by atoms with E-state index < -0.39 is 37.4 Å². The highest BCUT2D eigenvalue weighted by Crippen LogP contribution is 2.45. The second-order valence-corrected chi connectivity index (χ2v) is 13.8. The van der Waals surface area contributed by atoms with Gasteiger partial charge in [-0.05, 0) is 69.2 Å². The van der Waals surface area contributed by atoms with Crippen molar-refractivity contribution in [3.8, 4) is 5.75 Å². The van der Waals surface area contributed by atoms with Crippen LogP contribution in [0.2, 0.25) is 5.02 Å². The summed E-state index contributed by atoms with van der Waals surface area (Å²) in [5.74, 6) is 0.0874. The third kappa shape index (κ3) is 16.9. The minimum atomic E-state index is -4.03. The lowest BCUT2D eigenvalue weighted by Gasteiger charge is -2.23. The molecule has 0 saturated carbocycles. The Labute approximate surface area is 304 Å². The van der Waals surface area contributed by atoms with Gasteiger partial charge in [0.1, 0.15) is 18.1 Å². The first-order valence-electron chi connectivity index (χ1n) is 17.3. The molecule has 1 saturated heterocycles. The molecule has 12 nitrogen and oxygen atoms in total. The van der Waals surface area contributed by atoms with Crippen molar-refractivity contribution in [1.29, 1.82) is 0 Å². The van der Waals surface area contributed by atoms with Gasteiger partial charge in [-0.2, -0.15) is 0 Å². The predicted molar refractivity (Wildman–Crippen MR) is 201 cm³/mol. The number of unbranched alkanes of at least 4 members (excludes halogenated alkanes) is 1. The van der Waals surface area contributed by atoms with Crippen LogP contribution in [0.5, 0.6) is 5.75 Å². The molecule has 1 aliphatic heterocycles. The number of aromatic amines is 1. The number of hydrogen-bond donors (Lipinski definition) is 4. The molecule has 278 valence electrons. The number of amides is 1. The number of carbonyl (C=O) groups excluding carboxylic acids is 1. The Hall–Kier alpha value is -3.77. The predicted octanol–water partition coefficient (Wildman–Crippen LogP) is 6.67. The van der Waals surface area contributed by atoms with Crippen molar-refractivity contribution in [1.82, 2.24) is 20.0 Å². The van der Waals surface area contributed by atoms with Crippen LogP contribution in [0.1, 0.15) is 70.9 Å². The zero-order chi connectivity index (χ0) is 36.7. The molecule has 3 rings (SSSR count). The molecule has 2 aromatic rings. The third-order valence-electron chi connectivity index (χ3n) is 7.50. The number of nitrogens with zero attached hydrogens (tertiary/aromatic N) is 1. The molecule has 2 heterocycles. The normalized spacial score (nSPS) is 19.2. The van der Waals surface area contributed by atoms with Gasteiger partial charge in [0.2, 0.25) is 5.91 Å². The molecule has 14 heteroatoms. The maximum absolute atomic E-state index is 13.7. The molecule has 4 atom stereocenters. The molecule has 0 bridgehead atoms. The van der Waals surface area contributed by atoms with Gasteiger partial charge in [0, 0.05) is 43.2 Å². The molecule has 1 aromatic carbocycles. The molecule has 1 fully saturated rings. The molecule has 0 radical (unpaired) electrons. The van der Waals surface area contributed by atoms with E-state index in [1.165, 1.54) is 24.4 Å². The summed E-state index contributed by atoms with van der Waals surface area (Å²) in [5.41, 5.74) is -1.24. The van der Waals surface area contributed by atoms with E-state index >= 15 is 0 Å². The highest BCUT2D eigenvalue weighted by atomic mass is 35.5. The van der Waals surface area contributed by atoms with Gasteiger partial charge in [0.05, 0.1) is 12.7 Å². The molecule has 1 unspecified atom stereocenters. The van der Waals surface area contributed by atoms with Gasteiger partial charge in [0.15, 0.2) is 0 Å². The van der Waals surface area contributed by atoms with Crippen LogP contribution in [0, 0.1) is 0 Å². The first-order chi connectivity index (χ1) is 24.7. The highest BCUT2D eigenvalue weighted by molar-refractivity contribution is 7.52. The van der Waals surface area contributed by atoms with Crippen LogP contribution in [0.3, 0.4) is 0 Å². The van der Waals surface area contributed by atoms with Gasteiger partial charge in [0.25, 0.3) is 5.56 Å². The van der Waals surface area contributed by atoms with E-state index in [2.05, 4.69) is 83.1 Å². The Morgan fingerprint density at radius 2 is 1.61 bits per heavy atom. The van der Waals surface area contributed by atoms with Crippen LogP contribution in [0.25, 0.3) is 0 Å². The van der Waals surface area contributed by atoms with Crippen LogP contribution in [0.4, 0.5) is 0 Å². The number of nitrogens with one attached hydrogen (secondary N) is 3. The summed E-state index contributed by atoms with van der Waals surface area (Å²) in [6.45, 7) is 2.02. The third-order valence-corrected chi connectivity index (χ3v) is 9.30. The average Bonchev–Trinajstić information content (AvgIpc) is 3.48. The Bertz CT molecular complexity index is 1650. The van der Waals surface area contributed by atoms with Crippen LogP contribution < -0.4 is 26.2 Å². The molecule has 51 heavy (non-hydrogen) atoms. The fourth-order valence-electron chi connectivity index (χ4n) is 4.83. The first kappa shape index (κ1) is 41.6. The Morgan fingerprint density at radius 3 is 2.24 bits per heavy atom. The van der Waals surface area contributed by atoms with Crippen molar-refractivity contribution < 1.29 is 28.3 Å². The van der Waals surface area contributed by atoms with E-state index in [1.807, 2.05) is 0 Å². The molecular formula is C37H50ClN4O8P. The van der Waals surface area contributed by atoms with Gasteiger partial charge in [-0.25, -0.2) is 14.4 Å². The topological polar surface area (TPSA) is 161 Å². The highest BCUT2D eigenvalue weighted by Gasteiger charge is 2.38. The second-order valence-electron chi connectivity index (χ2n) is 11.6. The fraction of sp³-hybridized carbons (Fsp3) is 0.432. The van der Waals surface area contributed by atoms with Gasteiger partial charge in [-0.1, -0.05) is 79.3 Å². The van der Waals surface area contributed by atoms with Crippen LogP contribution in [0.15, 0.2) is 107 Å².